The third-order valence-corrected chi connectivity index (χ3v) is 12.9. The number of ether oxygens (including phenoxy) is 1. The summed E-state index contributed by atoms with van der Waals surface area (Å²) in [5, 5.41) is 0. The van der Waals surface area contributed by atoms with Crippen molar-refractivity contribution >= 4 is 5.97 Å². The van der Waals surface area contributed by atoms with Crippen LogP contribution < -0.4 is 0 Å². The molecule has 0 amide bonds. The summed E-state index contributed by atoms with van der Waals surface area (Å²) in [6.45, 7) is 15.1. The van der Waals surface area contributed by atoms with E-state index in [1.807, 2.05) is 12.1 Å². The summed E-state index contributed by atoms with van der Waals surface area (Å²) in [5.41, 5.74) is 3.60. The standard InChI is InChI=1S/C37H57NO2/c1-7-28(25(2)3)10-8-26(4)32-13-14-33-31-12-11-29-24-30(40-35(39)15-9-27-18-22-38-23-19-27)16-20-36(29,5)34(31)17-21-37(32,33)6/h11,18-19,22-23,25-26,28,30-34H,7-10,12-17,20-21,24H2,1-6H3/t26-,28-,30+,31+,32-,33+,34+,36+,37-/m1/s1. The number of carbonyl (C=O) groups is 1. The van der Waals surface area contributed by atoms with Crippen LogP contribution in [0.15, 0.2) is 36.2 Å². The molecule has 0 aliphatic heterocycles. The quantitative estimate of drug-likeness (QED) is 0.216. The summed E-state index contributed by atoms with van der Waals surface area (Å²) < 4.78 is 6.04. The molecule has 1 aromatic rings. The Hall–Kier alpha value is -1.64. The molecule has 4 aliphatic rings. The van der Waals surface area contributed by atoms with Gasteiger partial charge in [0.1, 0.15) is 6.10 Å². The van der Waals surface area contributed by atoms with Crippen LogP contribution in [0.1, 0.15) is 124 Å². The SMILES string of the molecule is CC[C@H](CC[C@@H](C)[C@H]1CC[C@H]2[C@@H]3CC=C4C[C@@H](OC(=O)CCc5ccncc5)CC[C@]4(C)[C@H]3CC[C@]12C)C(C)C. The lowest BCUT2D eigenvalue weighted by atomic mass is 9.47. The molecule has 1 heterocycles. The lowest BCUT2D eigenvalue weighted by Crippen LogP contribution is -2.51. The number of allylic oxidation sites excluding steroid dienone is 1. The third kappa shape index (κ3) is 5.82. The van der Waals surface area contributed by atoms with Gasteiger partial charge in [-0.15, -0.1) is 0 Å². The molecule has 9 atom stereocenters. The molecule has 3 heteroatoms. The van der Waals surface area contributed by atoms with Gasteiger partial charge in [-0.3, -0.25) is 9.78 Å². The maximum Gasteiger partial charge on any atom is 0.306 e. The Morgan fingerprint density at radius 2 is 1.80 bits per heavy atom. The van der Waals surface area contributed by atoms with Gasteiger partial charge in [-0.05, 0) is 128 Å². The summed E-state index contributed by atoms with van der Waals surface area (Å²) in [5.74, 6) is 5.98. The van der Waals surface area contributed by atoms with Crippen LogP contribution in [0.3, 0.4) is 0 Å². The first-order valence-electron chi connectivity index (χ1n) is 16.9. The number of hydrogen-bond donors (Lipinski definition) is 0. The molecular weight excluding hydrogens is 490 g/mol. The fraction of sp³-hybridized carbons (Fsp3) is 0.784. The van der Waals surface area contributed by atoms with Gasteiger partial charge in [0.2, 0.25) is 0 Å². The van der Waals surface area contributed by atoms with Gasteiger partial charge in [0.25, 0.3) is 0 Å². The van der Waals surface area contributed by atoms with Crippen molar-refractivity contribution in [1.29, 1.82) is 0 Å². The van der Waals surface area contributed by atoms with E-state index in [9.17, 15) is 4.79 Å². The Balaban J connectivity index is 1.19. The molecule has 40 heavy (non-hydrogen) atoms. The number of aromatic nitrogens is 1. The highest BCUT2D eigenvalue weighted by molar-refractivity contribution is 5.70. The molecule has 4 aliphatic carbocycles. The summed E-state index contributed by atoms with van der Waals surface area (Å²) in [6.07, 6.45) is 21.8. The van der Waals surface area contributed by atoms with Crippen LogP contribution in [0.5, 0.6) is 0 Å². The van der Waals surface area contributed by atoms with E-state index in [-0.39, 0.29) is 12.1 Å². The zero-order valence-corrected chi connectivity index (χ0v) is 26.5. The van der Waals surface area contributed by atoms with Crippen LogP contribution in [-0.4, -0.2) is 17.1 Å². The Labute approximate surface area is 245 Å². The van der Waals surface area contributed by atoms with Gasteiger partial charge in [0.15, 0.2) is 0 Å². The molecule has 3 nitrogen and oxygen atoms in total. The Morgan fingerprint density at radius 1 is 1.02 bits per heavy atom. The predicted octanol–water partition coefficient (Wildman–Crippen LogP) is 9.60. The molecule has 0 saturated heterocycles. The number of rotatable bonds is 10. The normalized spacial score (nSPS) is 36.7. The van der Waals surface area contributed by atoms with Crippen LogP contribution in [0, 0.1) is 52.3 Å². The minimum absolute atomic E-state index is 0.0436. The predicted molar refractivity (Wildman–Crippen MR) is 165 cm³/mol. The fourth-order valence-electron chi connectivity index (χ4n) is 10.4. The van der Waals surface area contributed by atoms with E-state index in [0.29, 0.717) is 17.3 Å². The van der Waals surface area contributed by atoms with Crippen LogP contribution >= 0.6 is 0 Å². The van der Waals surface area contributed by atoms with E-state index < -0.39 is 0 Å². The second kappa shape index (κ2) is 12.3. The highest BCUT2D eigenvalue weighted by Gasteiger charge is 2.59. The second-order valence-electron chi connectivity index (χ2n) is 15.2. The van der Waals surface area contributed by atoms with Gasteiger partial charge in [0, 0.05) is 25.2 Å². The van der Waals surface area contributed by atoms with E-state index in [2.05, 4.69) is 52.6 Å². The van der Waals surface area contributed by atoms with E-state index >= 15 is 0 Å². The number of nitrogens with zero attached hydrogens (tertiary/aromatic N) is 1. The van der Waals surface area contributed by atoms with E-state index in [1.54, 1.807) is 18.0 Å². The Kier molecular flexibility index (Phi) is 9.18. The number of fused-ring (bicyclic) bond motifs is 5. The van der Waals surface area contributed by atoms with Crippen LogP contribution in [0.4, 0.5) is 0 Å². The van der Waals surface area contributed by atoms with Crippen molar-refractivity contribution in [2.75, 3.05) is 0 Å². The highest BCUT2D eigenvalue weighted by atomic mass is 16.5. The topological polar surface area (TPSA) is 39.2 Å². The summed E-state index contributed by atoms with van der Waals surface area (Å²) in [6, 6.07) is 3.97. The van der Waals surface area contributed by atoms with Gasteiger partial charge < -0.3 is 4.74 Å². The summed E-state index contributed by atoms with van der Waals surface area (Å²) in [4.78, 5) is 16.7. The number of esters is 1. The molecule has 0 N–H and O–H groups in total. The van der Waals surface area contributed by atoms with E-state index in [0.717, 1.165) is 66.3 Å². The van der Waals surface area contributed by atoms with Gasteiger partial charge in [0.05, 0.1) is 0 Å². The second-order valence-corrected chi connectivity index (χ2v) is 15.2. The number of hydrogen-bond acceptors (Lipinski definition) is 3. The van der Waals surface area contributed by atoms with Gasteiger partial charge in [-0.25, -0.2) is 0 Å². The van der Waals surface area contributed by atoms with E-state index in [4.69, 9.17) is 4.74 Å². The number of pyridine rings is 1. The fourth-order valence-corrected chi connectivity index (χ4v) is 10.4. The first-order chi connectivity index (χ1) is 19.2. The molecule has 1 aromatic heterocycles. The van der Waals surface area contributed by atoms with Crippen molar-refractivity contribution < 1.29 is 9.53 Å². The van der Waals surface area contributed by atoms with Crippen molar-refractivity contribution in [1.82, 2.24) is 4.98 Å². The van der Waals surface area contributed by atoms with Gasteiger partial charge in [-0.1, -0.05) is 66.0 Å². The molecule has 0 bridgehead atoms. The smallest absolute Gasteiger partial charge is 0.306 e. The molecule has 0 radical (unpaired) electrons. The first kappa shape index (κ1) is 29.8. The van der Waals surface area contributed by atoms with E-state index in [1.165, 1.54) is 57.8 Å². The van der Waals surface area contributed by atoms with Crippen molar-refractivity contribution in [2.24, 2.45) is 52.3 Å². The third-order valence-electron chi connectivity index (χ3n) is 12.9. The van der Waals surface area contributed by atoms with Gasteiger partial charge in [-0.2, -0.15) is 0 Å². The molecule has 0 spiro atoms. The van der Waals surface area contributed by atoms with Crippen molar-refractivity contribution in [3.8, 4) is 0 Å². The minimum atomic E-state index is -0.0436. The molecule has 222 valence electrons. The Morgan fingerprint density at radius 3 is 2.52 bits per heavy atom. The van der Waals surface area contributed by atoms with Crippen LogP contribution in [0.2, 0.25) is 0 Å². The molecule has 0 unspecified atom stereocenters. The highest BCUT2D eigenvalue weighted by Crippen LogP contribution is 2.67. The summed E-state index contributed by atoms with van der Waals surface area (Å²) >= 11 is 0. The lowest BCUT2D eigenvalue weighted by molar-refractivity contribution is -0.151. The number of carbonyl (C=O) groups excluding carboxylic acids is 1. The maximum absolute atomic E-state index is 12.7. The lowest BCUT2D eigenvalue weighted by Gasteiger charge is -2.58. The van der Waals surface area contributed by atoms with Crippen molar-refractivity contribution in [3.05, 3.63) is 41.7 Å². The van der Waals surface area contributed by atoms with Crippen molar-refractivity contribution in [3.63, 3.8) is 0 Å². The number of aryl methyl sites for hydroxylation is 1. The molecule has 0 aromatic carbocycles. The molecule has 3 saturated carbocycles. The zero-order chi connectivity index (χ0) is 28.5. The molecule has 5 rings (SSSR count). The largest absolute Gasteiger partial charge is 0.462 e. The zero-order valence-electron chi connectivity index (χ0n) is 26.5. The van der Waals surface area contributed by atoms with Crippen LogP contribution in [0.25, 0.3) is 0 Å². The minimum Gasteiger partial charge on any atom is -0.462 e. The maximum atomic E-state index is 12.7. The Bertz CT molecular complexity index is 1030. The first-order valence-corrected chi connectivity index (χ1v) is 16.9. The van der Waals surface area contributed by atoms with Crippen molar-refractivity contribution in [2.45, 2.75) is 131 Å². The monoisotopic (exact) mass is 547 g/mol. The molecular formula is C37H57NO2. The average molecular weight is 548 g/mol. The summed E-state index contributed by atoms with van der Waals surface area (Å²) in [7, 11) is 0. The van der Waals surface area contributed by atoms with Crippen LogP contribution in [-0.2, 0) is 16.0 Å². The average Bonchev–Trinajstić information content (AvgIpc) is 3.30. The molecule has 3 fully saturated rings. The van der Waals surface area contributed by atoms with Gasteiger partial charge >= 0.3 is 5.97 Å².